The summed E-state index contributed by atoms with van der Waals surface area (Å²) in [6.07, 6.45) is -0.151. The number of carbonyl (C=O) groups excluding carboxylic acids is 2. The third-order valence-electron chi connectivity index (χ3n) is 4.13. The molecule has 0 bridgehead atoms. The number of ether oxygens (including phenoxy) is 3. The van der Waals surface area contributed by atoms with Gasteiger partial charge in [0.05, 0.1) is 36.3 Å². The first-order valence-electron chi connectivity index (χ1n) is 9.09. The van der Waals surface area contributed by atoms with Crippen LogP contribution in [0.2, 0.25) is 0 Å². The number of nitro benzene ring substituents is 1. The average Bonchev–Trinajstić information content (AvgIpc) is 2.78. The number of rotatable bonds is 10. The lowest BCUT2D eigenvalue weighted by Gasteiger charge is -2.22. The number of halogens is 3. The fraction of sp³-hybridized carbons (Fsp3) is 0.250. The molecule has 174 valence electrons. The van der Waals surface area contributed by atoms with Crippen molar-refractivity contribution in [1.29, 1.82) is 5.26 Å². The Balaban J connectivity index is 2.28. The molecule has 33 heavy (non-hydrogen) atoms. The summed E-state index contributed by atoms with van der Waals surface area (Å²) in [5.74, 6) is -4.11. The van der Waals surface area contributed by atoms with E-state index in [1.807, 2.05) is 0 Å². The molecule has 2 rings (SSSR count). The summed E-state index contributed by atoms with van der Waals surface area (Å²) >= 11 is 0. The zero-order valence-corrected chi connectivity index (χ0v) is 17.0. The van der Waals surface area contributed by atoms with Crippen molar-refractivity contribution in [3.05, 3.63) is 57.9 Å². The van der Waals surface area contributed by atoms with E-state index in [1.54, 1.807) is 6.07 Å². The van der Waals surface area contributed by atoms with Gasteiger partial charge in [0.15, 0.2) is 18.1 Å². The zero-order valence-electron chi connectivity index (χ0n) is 17.0. The molecule has 2 aromatic rings. The Labute approximate surface area is 184 Å². The number of hydrogen-bond donors (Lipinski definition) is 0. The Bertz CT molecular complexity index is 1090. The van der Waals surface area contributed by atoms with E-state index in [-0.39, 0.29) is 18.7 Å². The summed E-state index contributed by atoms with van der Waals surface area (Å²) in [6.45, 7) is -4.47. The predicted molar refractivity (Wildman–Crippen MR) is 106 cm³/mol. The van der Waals surface area contributed by atoms with Crippen LogP contribution in [-0.2, 0) is 9.53 Å². The third kappa shape index (κ3) is 6.33. The molecule has 0 fully saturated rings. The van der Waals surface area contributed by atoms with Crippen LogP contribution in [0.5, 0.6) is 11.5 Å². The largest absolute Gasteiger partial charge is 0.493 e. The fourth-order valence-corrected chi connectivity index (χ4v) is 2.71. The van der Waals surface area contributed by atoms with Crippen molar-refractivity contribution in [3.8, 4) is 17.6 Å². The number of carbonyl (C=O) groups is 2. The number of methoxy groups -OCH3 is 1. The van der Waals surface area contributed by atoms with Crippen LogP contribution in [0.3, 0.4) is 0 Å². The Hall–Kier alpha value is -4.34. The van der Waals surface area contributed by atoms with Gasteiger partial charge in [-0.3, -0.25) is 14.9 Å². The quantitative estimate of drug-likeness (QED) is 0.295. The smallest absolute Gasteiger partial charge is 0.387 e. The first kappa shape index (κ1) is 24.9. The van der Waals surface area contributed by atoms with Crippen molar-refractivity contribution in [2.45, 2.75) is 13.0 Å². The van der Waals surface area contributed by atoms with E-state index in [1.165, 1.54) is 18.2 Å². The molecular weight excluding hydrogens is 451 g/mol. The number of nitro groups is 1. The van der Waals surface area contributed by atoms with Crippen LogP contribution in [-0.4, -0.2) is 43.7 Å². The van der Waals surface area contributed by atoms with Crippen LogP contribution in [0.4, 0.5) is 24.5 Å². The molecule has 0 unspecified atom stereocenters. The van der Waals surface area contributed by atoms with Crippen molar-refractivity contribution in [2.75, 3.05) is 25.2 Å². The minimum atomic E-state index is -3.31. The van der Waals surface area contributed by atoms with Crippen LogP contribution < -0.4 is 14.4 Å². The van der Waals surface area contributed by atoms with E-state index in [0.717, 1.165) is 24.1 Å². The summed E-state index contributed by atoms with van der Waals surface area (Å²) in [5, 5.41) is 20.1. The maximum atomic E-state index is 14.1. The number of para-hydroxylation sites is 1. The number of hydrogen-bond acceptors (Lipinski definition) is 8. The average molecular weight is 467 g/mol. The van der Waals surface area contributed by atoms with E-state index in [0.29, 0.717) is 6.07 Å². The Morgan fingerprint density at radius 2 is 1.94 bits per heavy atom. The number of esters is 1. The summed E-state index contributed by atoms with van der Waals surface area (Å²) < 4.78 is 53.0. The molecule has 0 aliphatic carbocycles. The molecule has 13 heteroatoms. The van der Waals surface area contributed by atoms with Gasteiger partial charge in [0.1, 0.15) is 11.4 Å². The predicted octanol–water partition coefficient (Wildman–Crippen LogP) is 3.45. The summed E-state index contributed by atoms with van der Waals surface area (Å²) in [6, 6.07) is 8.33. The fourth-order valence-electron chi connectivity index (χ4n) is 2.71. The summed E-state index contributed by atoms with van der Waals surface area (Å²) in [4.78, 5) is 36.2. The van der Waals surface area contributed by atoms with Crippen molar-refractivity contribution in [3.63, 3.8) is 0 Å². The van der Waals surface area contributed by atoms with Gasteiger partial charge < -0.3 is 19.1 Å². The Morgan fingerprint density at radius 3 is 2.52 bits per heavy atom. The second-order valence-corrected chi connectivity index (χ2v) is 6.14. The summed E-state index contributed by atoms with van der Waals surface area (Å²) in [7, 11) is 1.06. The molecule has 0 spiro atoms. The number of nitrogens with zero attached hydrogens (tertiary/aromatic N) is 3. The molecule has 2 aromatic carbocycles. The van der Waals surface area contributed by atoms with Crippen molar-refractivity contribution in [1.82, 2.24) is 0 Å². The van der Waals surface area contributed by atoms with Gasteiger partial charge in [-0.25, -0.2) is 9.18 Å². The maximum absolute atomic E-state index is 14.1. The molecule has 1 amide bonds. The van der Waals surface area contributed by atoms with Gasteiger partial charge in [0.25, 0.3) is 11.6 Å². The molecule has 0 aliphatic rings. The van der Waals surface area contributed by atoms with Crippen molar-refractivity contribution >= 4 is 23.3 Å². The Kier molecular flexibility index (Phi) is 8.56. The molecule has 10 nitrogen and oxygen atoms in total. The SMILES string of the molecule is COc1cc(C(=O)OCC(=O)N(CCC#N)c2ccccc2F)c([N+](=O)[O-])cc1OC(F)F. The number of amides is 1. The monoisotopic (exact) mass is 467 g/mol. The second-order valence-electron chi connectivity index (χ2n) is 6.14. The first-order valence-corrected chi connectivity index (χ1v) is 9.09. The molecule has 0 aliphatic heterocycles. The van der Waals surface area contributed by atoms with Crippen LogP contribution in [0.1, 0.15) is 16.8 Å². The van der Waals surface area contributed by atoms with Gasteiger partial charge in [-0.05, 0) is 12.1 Å². The third-order valence-corrected chi connectivity index (χ3v) is 4.13. The lowest BCUT2D eigenvalue weighted by molar-refractivity contribution is -0.385. The van der Waals surface area contributed by atoms with Gasteiger partial charge in [-0.2, -0.15) is 14.0 Å². The number of nitriles is 1. The van der Waals surface area contributed by atoms with Crippen LogP contribution >= 0.6 is 0 Å². The van der Waals surface area contributed by atoms with E-state index in [9.17, 15) is 32.9 Å². The topological polar surface area (TPSA) is 132 Å². The highest BCUT2D eigenvalue weighted by atomic mass is 19.3. The molecule has 0 heterocycles. The minimum Gasteiger partial charge on any atom is -0.493 e. The van der Waals surface area contributed by atoms with Gasteiger partial charge in [0, 0.05) is 12.6 Å². The zero-order chi connectivity index (χ0) is 24.5. The lowest BCUT2D eigenvalue weighted by atomic mass is 10.1. The minimum absolute atomic E-state index is 0.151. The molecule has 0 radical (unpaired) electrons. The number of alkyl halides is 2. The van der Waals surface area contributed by atoms with Crippen LogP contribution in [0.15, 0.2) is 36.4 Å². The van der Waals surface area contributed by atoms with Crippen molar-refractivity contribution in [2.24, 2.45) is 0 Å². The standard InChI is InChI=1S/C20H16F3N3O7/c1-31-16-9-12(15(26(29)30)10-17(16)33-20(22)23)19(28)32-11-18(27)25(8-4-7-24)14-6-3-2-5-13(14)21/h2-3,5-6,9-10,20H,4,8,11H2,1H3. The van der Waals surface area contributed by atoms with E-state index in [4.69, 9.17) is 14.7 Å². The van der Waals surface area contributed by atoms with Crippen LogP contribution in [0, 0.1) is 27.3 Å². The molecule has 0 saturated carbocycles. The number of anilines is 1. The highest BCUT2D eigenvalue weighted by Crippen LogP contribution is 2.36. The molecule has 0 atom stereocenters. The van der Waals surface area contributed by atoms with Crippen LogP contribution in [0.25, 0.3) is 0 Å². The Morgan fingerprint density at radius 1 is 1.24 bits per heavy atom. The maximum Gasteiger partial charge on any atom is 0.387 e. The second kappa shape index (κ2) is 11.3. The highest BCUT2D eigenvalue weighted by molar-refractivity contribution is 5.99. The van der Waals surface area contributed by atoms with Gasteiger partial charge in [-0.1, -0.05) is 12.1 Å². The normalized spacial score (nSPS) is 10.3. The van der Waals surface area contributed by atoms with Crippen molar-refractivity contribution < 1.29 is 41.9 Å². The summed E-state index contributed by atoms with van der Waals surface area (Å²) in [5.41, 5.74) is -1.78. The van der Waals surface area contributed by atoms with Gasteiger partial charge in [-0.15, -0.1) is 0 Å². The molecule has 0 N–H and O–H groups in total. The van der Waals surface area contributed by atoms with E-state index < -0.39 is 58.6 Å². The van der Waals surface area contributed by atoms with E-state index >= 15 is 0 Å². The molecule has 0 saturated heterocycles. The van der Waals surface area contributed by atoms with Gasteiger partial charge >= 0.3 is 12.6 Å². The molecular formula is C20H16F3N3O7. The van der Waals surface area contributed by atoms with E-state index in [2.05, 4.69) is 4.74 Å². The number of benzene rings is 2. The lowest BCUT2D eigenvalue weighted by Crippen LogP contribution is -2.36. The first-order chi connectivity index (χ1) is 15.7. The highest BCUT2D eigenvalue weighted by Gasteiger charge is 2.28. The molecule has 0 aromatic heterocycles. The van der Waals surface area contributed by atoms with Gasteiger partial charge in [0.2, 0.25) is 0 Å².